The van der Waals surface area contributed by atoms with Crippen LogP contribution in [0.25, 0.3) is 0 Å². The first-order valence-electron chi connectivity index (χ1n) is 4.72. The van der Waals surface area contributed by atoms with Crippen LogP contribution < -0.4 is 5.32 Å². The number of rotatable bonds is 5. The second-order valence-electron chi connectivity index (χ2n) is 3.04. The lowest BCUT2D eigenvalue weighted by Gasteiger charge is -2.05. The minimum absolute atomic E-state index is 0.117. The van der Waals surface area contributed by atoms with Crippen LogP contribution >= 0.6 is 15.9 Å². The fourth-order valence-corrected chi connectivity index (χ4v) is 1.59. The smallest absolute Gasteiger partial charge is 0.252 e. The van der Waals surface area contributed by atoms with Gasteiger partial charge >= 0.3 is 0 Å². The van der Waals surface area contributed by atoms with E-state index in [-0.39, 0.29) is 5.91 Å². The third kappa shape index (κ3) is 3.83. The summed E-state index contributed by atoms with van der Waals surface area (Å²) in [6.07, 6.45) is 2.01. The lowest BCUT2D eigenvalue weighted by Crippen LogP contribution is -2.24. The second-order valence-corrected chi connectivity index (χ2v) is 3.90. The number of halogens is 1. The molecule has 0 atom stereocenters. The molecule has 4 heteroatoms. The van der Waals surface area contributed by atoms with Crippen molar-refractivity contribution in [2.75, 3.05) is 6.54 Å². The van der Waals surface area contributed by atoms with Gasteiger partial charge in [-0.15, -0.1) is 0 Å². The Kier molecular flexibility index (Phi) is 5.04. The molecule has 0 aliphatic heterocycles. The van der Waals surface area contributed by atoms with E-state index < -0.39 is 0 Å². The zero-order chi connectivity index (χ0) is 11.1. The summed E-state index contributed by atoms with van der Waals surface area (Å²) in [7, 11) is 0. The van der Waals surface area contributed by atoms with Crippen LogP contribution in [0.5, 0.6) is 0 Å². The van der Waals surface area contributed by atoms with Crippen molar-refractivity contribution < 1.29 is 9.59 Å². The van der Waals surface area contributed by atoms with Gasteiger partial charge in [-0.25, -0.2) is 0 Å². The largest absolute Gasteiger partial charge is 0.352 e. The van der Waals surface area contributed by atoms with Gasteiger partial charge in [0.2, 0.25) is 0 Å². The van der Waals surface area contributed by atoms with E-state index in [2.05, 4.69) is 21.2 Å². The summed E-state index contributed by atoms with van der Waals surface area (Å²) in [5, 5.41) is 2.75. The van der Waals surface area contributed by atoms with Crippen molar-refractivity contribution in [3.8, 4) is 0 Å². The molecule has 1 amide bonds. The van der Waals surface area contributed by atoms with Gasteiger partial charge in [-0.1, -0.05) is 12.1 Å². The Hall–Kier alpha value is -1.16. The van der Waals surface area contributed by atoms with Crippen LogP contribution in [0, 0.1) is 0 Å². The molecule has 1 aromatic carbocycles. The first kappa shape index (κ1) is 11.9. The van der Waals surface area contributed by atoms with Crippen LogP contribution in [0.2, 0.25) is 0 Å². The molecule has 80 valence electrons. The summed E-state index contributed by atoms with van der Waals surface area (Å²) >= 11 is 3.30. The average Bonchev–Trinajstić information content (AvgIpc) is 2.25. The highest BCUT2D eigenvalue weighted by atomic mass is 79.9. The second kappa shape index (κ2) is 6.35. The molecule has 0 aliphatic carbocycles. The Balaban J connectivity index is 2.47. The van der Waals surface area contributed by atoms with Gasteiger partial charge in [-0.05, 0) is 34.5 Å². The highest BCUT2D eigenvalue weighted by Crippen LogP contribution is 2.15. The summed E-state index contributed by atoms with van der Waals surface area (Å²) < 4.78 is 0.776. The number of unbranched alkanes of at least 4 members (excludes halogenated alkanes) is 1. The van der Waals surface area contributed by atoms with E-state index in [0.29, 0.717) is 24.9 Å². The maximum absolute atomic E-state index is 11.6. The molecule has 0 radical (unpaired) electrons. The molecule has 0 unspecified atom stereocenters. The highest BCUT2D eigenvalue weighted by Gasteiger charge is 2.07. The number of amides is 1. The van der Waals surface area contributed by atoms with Crippen LogP contribution in [-0.2, 0) is 4.79 Å². The van der Waals surface area contributed by atoms with E-state index >= 15 is 0 Å². The first-order valence-corrected chi connectivity index (χ1v) is 5.51. The first-order chi connectivity index (χ1) is 7.25. The number of carbonyl (C=O) groups is 2. The predicted octanol–water partition coefficient (Wildman–Crippen LogP) is 2.16. The standard InChI is InChI=1S/C11H12BrNO2/c12-10-6-2-1-5-9(10)11(15)13-7-3-4-8-14/h1-2,5-6,8H,3-4,7H2,(H,13,15). The van der Waals surface area contributed by atoms with Crippen molar-refractivity contribution in [3.05, 3.63) is 34.3 Å². The van der Waals surface area contributed by atoms with E-state index in [9.17, 15) is 9.59 Å². The normalized spacial score (nSPS) is 9.67. The summed E-state index contributed by atoms with van der Waals surface area (Å²) in [5.41, 5.74) is 0.614. The zero-order valence-electron chi connectivity index (χ0n) is 8.20. The molecule has 15 heavy (non-hydrogen) atoms. The van der Waals surface area contributed by atoms with Crippen LogP contribution in [0.4, 0.5) is 0 Å². The Morgan fingerprint density at radius 1 is 1.40 bits per heavy atom. The molecular weight excluding hydrogens is 258 g/mol. The lowest BCUT2D eigenvalue weighted by atomic mass is 10.2. The monoisotopic (exact) mass is 269 g/mol. The summed E-state index contributed by atoms with van der Waals surface area (Å²) in [4.78, 5) is 21.7. The van der Waals surface area contributed by atoms with Gasteiger partial charge in [0.15, 0.2) is 0 Å². The zero-order valence-corrected chi connectivity index (χ0v) is 9.79. The molecule has 0 saturated carbocycles. The van der Waals surface area contributed by atoms with Crippen molar-refractivity contribution in [2.45, 2.75) is 12.8 Å². The van der Waals surface area contributed by atoms with Crippen molar-refractivity contribution >= 4 is 28.1 Å². The maximum atomic E-state index is 11.6. The number of hydrogen-bond donors (Lipinski definition) is 1. The Bertz CT molecular complexity index is 352. The lowest BCUT2D eigenvalue weighted by molar-refractivity contribution is -0.107. The molecule has 1 N–H and O–H groups in total. The minimum atomic E-state index is -0.117. The molecule has 0 aliphatic rings. The van der Waals surface area contributed by atoms with E-state index in [1.54, 1.807) is 6.07 Å². The molecule has 0 heterocycles. The molecule has 1 rings (SSSR count). The predicted molar refractivity (Wildman–Crippen MR) is 61.8 cm³/mol. The van der Waals surface area contributed by atoms with Crippen LogP contribution in [0.1, 0.15) is 23.2 Å². The number of carbonyl (C=O) groups excluding carboxylic acids is 2. The number of hydrogen-bond acceptors (Lipinski definition) is 2. The van der Waals surface area contributed by atoms with E-state index in [1.165, 1.54) is 0 Å². The van der Waals surface area contributed by atoms with Gasteiger partial charge in [0.25, 0.3) is 5.91 Å². The Morgan fingerprint density at radius 3 is 2.80 bits per heavy atom. The number of aldehydes is 1. The van der Waals surface area contributed by atoms with Crippen molar-refractivity contribution in [2.24, 2.45) is 0 Å². The van der Waals surface area contributed by atoms with Crippen LogP contribution in [0.15, 0.2) is 28.7 Å². The van der Waals surface area contributed by atoms with E-state index in [0.717, 1.165) is 10.8 Å². The van der Waals surface area contributed by atoms with Gasteiger partial charge in [-0.3, -0.25) is 4.79 Å². The summed E-state index contributed by atoms with van der Waals surface area (Å²) in [6, 6.07) is 7.23. The van der Waals surface area contributed by atoms with Gasteiger partial charge in [-0.2, -0.15) is 0 Å². The van der Waals surface area contributed by atoms with Gasteiger partial charge in [0, 0.05) is 17.4 Å². The SMILES string of the molecule is O=CCCCNC(=O)c1ccccc1Br. The van der Waals surface area contributed by atoms with Crippen LogP contribution in [0.3, 0.4) is 0 Å². The topological polar surface area (TPSA) is 46.2 Å². The number of benzene rings is 1. The Labute approximate surface area is 97.0 Å². The van der Waals surface area contributed by atoms with Gasteiger partial charge in [0.1, 0.15) is 6.29 Å². The van der Waals surface area contributed by atoms with Crippen molar-refractivity contribution in [1.29, 1.82) is 0 Å². The maximum Gasteiger partial charge on any atom is 0.252 e. The molecule has 3 nitrogen and oxygen atoms in total. The molecular formula is C11H12BrNO2. The third-order valence-corrected chi connectivity index (χ3v) is 2.59. The highest BCUT2D eigenvalue weighted by molar-refractivity contribution is 9.10. The summed E-state index contributed by atoms with van der Waals surface area (Å²) in [6.45, 7) is 0.527. The molecule has 0 aromatic heterocycles. The van der Waals surface area contributed by atoms with Crippen LogP contribution in [-0.4, -0.2) is 18.7 Å². The molecule has 0 saturated heterocycles. The molecule has 0 spiro atoms. The van der Waals surface area contributed by atoms with E-state index in [1.807, 2.05) is 18.2 Å². The number of nitrogens with one attached hydrogen (secondary N) is 1. The summed E-state index contributed by atoms with van der Waals surface area (Å²) in [5.74, 6) is -0.117. The average molecular weight is 270 g/mol. The molecule has 0 fully saturated rings. The minimum Gasteiger partial charge on any atom is -0.352 e. The molecule has 0 bridgehead atoms. The van der Waals surface area contributed by atoms with Gasteiger partial charge in [0.05, 0.1) is 5.56 Å². The Morgan fingerprint density at radius 2 is 2.13 bits per heavy atom. The third-order valence-electron chi connectivity index (χ3n) is 1.90. The van der Waals surface area contributed by atoms with E-state index in [4.69, 9.17) is 0 Å². The van der Waals surface area contributed by atoms with Crippen molar-refractivity contribution in [3.63, 3.8) is 0 Å². The van der Waals surface area contributed by atoms with Gasteiger partial charge < -0.3 is 10.1 Å². The quantitative estimate of drug-likeness (QED) is 0.658. The van der Waals surface area contributed by atoms with Crippen molar-refractivity contribution in [1.82, 2.24) is 5.32 Å². The fourth-order valence-electron chi connectivity index (χ4n) is 1.13. The fraction of sp³-hybridized carbons (Fsp3) is 0.273. The molecule has 1 aromatic rings.